The van der Waals surface area contributed by atoms with Gasteiger partial charge in [0.05, 0.1) is 0 Å². The summed E-state index contributed by atoms with van der Waals surface area (Å²) in [6.45, 7) is -0.152. The van der Waals surface area contributed by atoms with Crippen LogP contribution in [0.4, 0.5) is 8.78 Å². The van der Waals surface area contributed by atoms with Crippen molar-refractivity contribution in [2.24, 2.45) is 5.73 Å². The number of sulfonamides is 1. The van der Waals surface area contributed by atoms with Gasteiger partial charge in [-0.2, -0.15) is 11.8 Å². The summed E-state index contributed by atoms with van der Waals surface area (Å²) >= 11 is 1.61. The van der Waals surface area contributed by atoms with E-state index >= 15 is 0 Å². The zero-order valence-corrected chi connectivity index (χ0v) is 13.3. The van der Waals surface area contributed by atoms with Crippen molar-refractivity contribution in [3.63, 3.8) is 0 Å². The molecule has 0 heterocycles. The number of hydrogen-bond acceptors (Lipinski definition) is 4. The van der Waals surface area contributed by atoms with Crippen LogP contribution in [0.25, 0.3) is 0 Å². The molecule has 118 valence electrons. The quantitative estimate of drug-likeness (QED) is 0.833. The van der Waals surface area contributed by atoms with Crippen molar-refractivity contribution in [3.8, 4) is 0 Å². The van der Waals surface area contributed by atoms with Crippen molar-refractivity contribution in [2.45, 2.75) is 35.4 Å². The summed E-state index contributed by atoms with van der Waals surface area (Å²) in [5.41, 5.74) is 4.84. The van der Waals surface area contributed by atoms with Crippen molar-refractivity contribution in [2.75, 3.05) is 12.8 Å². The molecule has 1 aliphatic carbocycles. The van der Waals surface area contributed by atoms with Crippen LogP contribution in [-0.4, -0.2) is 26.0 Å². The maximum atomic E-state index is 14.1. The Labute approximate surface area is 127 Å². The van der Waals surface area contributed by atoms with Gasteiger partial charge in [-0.05, 0) is 31.2 Å². The van der Waals surface area contributed by atoms with E-state index in [1.165, 1.54) is 0 Å². The van der Waals surface area contributed by atoms with Crippen molar-refractivity contribution in [3.05, 3.63) is 29.3 Å². The highest BCUT2D eigenvalue weighted by Gasteiger charge is 2.37. The summed E-state index contributed by atoms with van der Waals surface area (Å²) in [6, 6.07) is 1.85. The number of halogens is 2. The first-order valence-electron chi connectivity index (χ1n) is 6.57. The summed E-state index contributed by atoms with van der Waals surface area (Å²) in [4.78, 5) is -0.556. The maximum absolute atomic E-state index is 14.1. The highest BCUT2D eigenvalue weighted by Crippen LogP contribution is 2.42. The summed E-state index contributed by atoms with van der Waals surface area (Å²) in [5.74, 6) is -1.95. The largest absolute Gasteiger partial charge is 0.326 e. The number of nitrogens with one attached hydrogen (secondary N) is 1. The molecule has 0 spiro atoms. The fraction of sp³-hybridized carbons (Fsp3) is 0.538. The predicted molar refractivity (Wildman–Crippen MR) is 79.5 cm³/mol. The van der Waals surface area contributed by atoms with E-state index in [1.54, 1.807) is 11.8 Å². The Morgan fingerprint density at radius 3 is 2.52 bits per heavy atom. The Morgan fingerprint density at radius 2 is 2.05 bits per heavy atom. The molecular weight excluding hydrogens is 318 g/mol. The first-order chi connectivity index (χ1) is 9.85. The van der Waals surface area contributed by atoms with Crippen LogP contribution in [0, 0.1) is 11.6 Å². The molecule has 0 amide bonds. The standard InChI is InChI=1S/C13H18F2N2O2S2/c1-20-13(5-2-6-13)8-17-21(18,19)11-4-3-10(14)9(7-16)12(11)15/h3-4,17H,2,5-8,16H2,1H3. The minimum Gasteiger partial charge on any atom is -0.326 e. The van der Waals surface area contributed by atoms with Gasteiger partial charge in [0, 0.05) is 23.4 Å². The van der Waals surface area contributed by atoms with Crippen molar-refractivity contribution in [1.82, 2.24) is 4.72 Å². The second-order valence-electron chi connectivity index (χ2n) is 5.11. The van der Waals surface area contributed by atoms with E-state index in [-0.39, 0.29) is 11.3 Å². The Balaban J connectivity index is 2.24. The van der Waals surface area contributed by atoms with Gasteiger partial charge in [0.15, 0.2) is 5.82 Å². The molecule has 0 aromatic heterocycles. The molecule has 1 fully saturated rings. The lowest BCUT2D eigenvalue weighted by Gasteiger charge is -2.40. The Kier molecular flexibility index (Phi) is 4.92. The van der Waals surface area contributed by atoms with E-state index in [0.29, 0.717) is 0 Å². The first-order valence-corrected chi connectivity index (χ1v) is 9.28. The van der Waals surface area contributed by atoms with Gasteiger partial charge >= 0.3 is 0 Å². The van der Waals surface area contributed by atoms with Gasteiger partial charge in [0.25, 0.3) is 0 Å². The normalized spacial score (nSPS) is 17.5. The number of rotatable bonds is 6. The maximum Gasteiger partial charge on any atom is 0.243 e. The highest BCUT2D eigenvalue weighted by molar-refractivity contribution is 8.00. The SMILES string of the molecule is CSC1(CNS(=O)(=O)c2ccc(F)c(CN)c2F)CCC1. The van der Waals surface area contributed by atoms with E-state index < -0.39 is 38.7 Å². The topological polar surface area (TPSA) is 72.2 Å². The van der Waals surface area contributed by atoms with Crippen LogP contribution in [0.2, 0.25) is 0 Å². The molecule has 1 aromatic carbocycles. The smallest absolute Gasteiger partial charge is 0.243 e. The fourth-order valence-corrected chi connectivity index (χ4v) is 4.53. The number of hydrogen-bond donors (Lipinski definition) is 2. The highest BCUT2D eigenvalue weighted by atomic mass is 32.2. The fourth-order valence-electron chi connectivity index (χ4n) is 2.30. The Bertz CT molecular complexity index is 626. The average Bonchev–Trinajstić information content (AvgIpc) is 2.38. The van der Waals surface area contributed by atoms with Gasteiger partial charge in [0.1, 0.15) is 10.7 Å². The second kappa shape index (κ2) is 6.20. The minimum absolute atomic E-state index is 0.111. The molecule has 0 radical (unpaired) electrons. The lowest BCUT2D eigenvalue weighted by atomic mass is 9.84. The minimum atomic E-state index is -4.02. The van der Waals surface area contributed by atoms with Gasteiger partial charge in [-0.15, -0.1) is 0 Å². The third-order valence-electron chi connectivity index (χ3n) is 3.93. The molecule has 21 heavy (non-hydrogen) atoms. The van der Waals surface area contributed by atoms with Gasteiger partial charge in [-0.3, -0.25) is 0 Å². The number of thioether (sulfide) groups is 1. The molecule has 0 unspecified atom stereocenters. The second-order valence-corrected chi connectivity index (χ2v) is 8.12. The lowest BCUT2D eigenvalue weighted by molar-refractivity contribution is 0.361. The van der Waals surface area contributed by atoms with Crippen LogP contribution in [0.3, 0.4) is 0 Å². The van der Waals surface area contributed by atoms with E-state index in [9.17, 15) is 17.2 Å². The zero-order chi connectivity index (χ0) is 15.7. The molecule has 2 rings (SSSR count). The van der Waals surface area contributed by atoms with Gasteiger partial charge in [-0.1, -0.05) is 6.42 Å². The molecule has 3 N–H and O–H groups in total. The van der Waals surface area contributed by atoms with Crippen LogP contribution in [-0.2, 0) is 16.6 Å². The van der Waals surface area contributed by atoms with Gasteiger partial charge in [0.2, 0.25) is 10.0 Å². The van der Waals surface area contributed by atoms with Crippen molar-refractivity contribution >= 4 is 21.8 Å². The summed E-state index contributed by atoms with van der Waals surface area (Å²) < 4.78 is 54.2. The molecule has 4 nitrogen and oxygen atoms in total. The summed E-state index contributed by atoms with van der Waals surface area (Å²) in [7, 11) is -4.02. The zero-order valence-electron chi connectivity index (χ0n) is 11.7. The summed E-state index contributed by atoms with van der Waals surface area (Å²) in [5, 5.41) is 0. The molecule has 0 aliphatic heterocycles. The van der Waals surface area contributed by atoms with E-state index in [2.05, 4.69) is 4.72 Å². The molecule has 0 bridgehead atoms. The molecular formula is C13H18F2N2O2S2. The molecule has 1 aliphatic rings. The third-order valence-corrected chi connectivity index (χ3v) is 6.76. The average molecular weight is 336 g/mol. The summed E-state index contributed by atoms with van der Waals surface area (Å²) in [6.07, 6.45) is 4.84. The Hall–Kier alpha value is -0.700. The van der Waals surface area contributed by atoms with Crippen LogP contribution < -0.4 is 10.5 Å². The van der Waals surface area contributed by atoms with E-state index in [4.69, 9.17) is 5.73 Å². The Morgan fingerprint density at radius 1 is 1.38 bits per heavy atom. The molecule has 0 saturated heterocycles. The van der Waals surface area contributed by atoms with Crippen LogP contribution >= 0.6 is 11.8 Å². The van der Waals surface area contributed by atoms with Crippen molar-refractivity contribution < 1.29 is 17.2 Å². The van der Waals surface area contributed by atoms with Crippen molar-refractivity contribution in [1.29, 1.82) is 0 Å². The monoisotopic (exact) mass is 336 g/mol. The molecule has 1 aromatic rings. The molecule has 1 saturated carbocycles. The first kappa shape index (κ1) is 16.7. The van der Waals surface area contributed by atoms with Crippen LogP contribution in [0.1, 0.15) is 24.8 Å². The number of benzene rings is 1. The van der Waals surface area contributed by atoms with Crippen LogP contribution in [0.5, 0.6) is 0 Å². The molecule has 8 heteroatoms. The number of nitrogens with two attached hydrogens (primary N) is 1. The molecule has 0 atom stereocenters. The van der Waals surface area contributed by atoms with E-state index in [1.807, 2.05) is 6.26 Å². The lowest BCUT2D eigenvalue weighted by Crippen LogP contribution is -2.45. The van der Waals surface area contributed by atoms with Gasteiger partial charge < -0.3 is 5.73 Å². The van der Waals surface area contributed by atoms with Gasteiger partial charge in [-0.25, -0.2) is 21.9 Å². The van der Waals surface area contributed by atoms with Crippen LogP contribution in [0.15, 0.2) is 17.0 Å². The predicted octanol–water partition coefficient (Wildman–Crippen LogP) is 1.99. The third kappa shape index (κ3) is 3.23. The van der Waals surface area contributed by atoms with E-state index in [0.717, 1.165) is 31.4 Å².